The number of rotatable bonds is 0. The molecule has 0 saturated carbocycles. The Morgan fingerprint density at radius 1 is 1.23 bits per heavy atom. The molecule has 0 heterocycles. The Balaban J connectivity index is 2.35. The minimum atomic E-state index is 0.000833. The first kappa shape index (κ1) is 8.23. The molecule has 0 amide bonds. The topological polar surface area (TPSA) is 49.7 Å². The van der Waals surface area contributed by atoms with Crippen LogP contribution < -0.4 is 0 Å². The predicted molar refractivity (Wildman–Crippen MR) is 48.7 cm³/mol. The van der Waals surface area contributed by atoms with Crippen LogP contribution in [0.4, 0.5) is 0 Å². The zero-order valence-electron chi connectivity index (χ0n) is 7.18. The number of ketones is 1. The van der Waals surface area contributed by atoms with Crippen LogP contribution in [0.5, 0.6) is 0 Å². The molecular weight excluding hydrogens is 166 g/mol. The summed E-state index contributed by atoms with van der Waals surface area (Å²) in [6.07, 6.45) is 8.76. The summed E-state index contributed by atoms with van der Waals surface area (Å²) < 4.78 is 0. The van der Waals surface area contributed by atoms with E-state index in [1.54, 1.807) is 6.08 Å². The van der Waals surface area contributed by atoms with Crippen molar-refractivity contribution in [1.29, 1.82) is 0 Å². The lowest BCUT2D eigenvalue weighted by molar-refractivity contribution is -0.119. The standard InChI is InChI=1S/C10H11NO2/c12-10-6-5-9(11-13)7-3-1-2-4-8(7)10/h1-2,5-8,13H,3-4H2/b11-9-. The smallest absolute Gasteiger partial charge is 0.159 e. The summed E-state index contributed by atoms with van der Waals surface area (Å²) in [4.78, 5) is 11.4. The van der Waals surface area contributed by atoms with Crippen molar-refractivity contribution in [2.45, 2.75) is 12.8 Å². The first-order chi connectivity index (χ1) is 6.33. The van der Waals surface area contributed by atoms with Crippen LogP contribution >= 0.6 is 0 Å². The Labute approximate surface area is 76.4 Å². The molecule has 0 aromatic carbocycles. The Bertz CT molecular complexity index is 315. The van der Waals surface area contributed by atoms with Crippen molar-refractivity contribution in [3.63, 3.8) is 0 Å². The predicted octanol–water partition coefficient (Wildman–Crippen LogP) is 1.54. The van der Waals surface area contributed by atoms with E-state index >= 15 is 0 Å². The van der Waals surface area contributed by atoms with Crippen LogP contribution in [0.2, 0.25) is 0 Å². The lowest BCUT2D eigenvalue weighted by Crippen LogP contribution is -2.33. The summed E-state index contributed by atoms with van der Waals surface area (Å²) in [6.45, 7) is 0. The highest BCUT2D eigenvalue weighted by molar-refractivity contribution is 6.09. The molecule has 2 atom stereocenters. The third-order valence-corrected chi connectivity index (χ3v) is 2.71. The summed E-state index contributed by atoms with van der Waals surface area (Å²) in [7, 11) is 0. The van der Waals surface area contributed by atoms with Gasteiger partial charge in [0, 0.05) is 11.8 Å². The molecule has 2 aliphatic carbocycles. The van der Waals surface area contributed by atoms with Gasteiger partial charge in [-0.05, 0) is 25.0 Å². The molecule has 0 radical (unpaired) electrons. The maximum Gasteiger partial charge on any atom is 0.159 e. The monoisotopic (exact) mass is 177 g/mol. The molecule has 0 saturated heterocycles. The minimum absolute atomic E-state index is 0.000833. The molecule has 0 bridgehead atoms. The lowest BCUT2D eigenvalue weighted by atomic mass is 9.74. The number of fused-ring (bicyclic) bond motifs is 1. The highest BCUT2D eigenvalue weighted by Crippen LogP contribution is 2.31. The second-order valence-corrected chi connectivity index (χ2v) is 3.42. The van der Waals surface area contributed by atoms with Crippen molar-refractivity contribution in [3.05, 3.63) is 24.3 Å². The highest BCUT2D eigenvalue weighted by atomic mass is 16.4. The van der Waals surface area contributed by atoms with E-state index in [0.717, 1.165) is 12.8 Å². The number of carbonyl (C=O) groups excluding carboxylic acids is 1. The zero-order valence-corrected chi connectivity index (χ0v) is 7.18. The second kappa shape index (κ2) is 3.17. The van der Waals surface area contributed by atoms with Gasteiger partial charge in [0.15, 0.2) is 5.78 Å². The van der Waals surface area contributed by atoms with Crippen molar-refractivity contribution >= 4 is 11.5 Å². The number of allylic oxidation sites excluding steroid dienone is 4. The van der Waals surface area contributed by atoms with Crippen LogP contribution in [0.25, 0.3) is 0 Å². The first-order valence-electron chi connectivity index (χ1n) is 4.42. The van der Waals surface area contributed by atoms with Crippen LogP contribution in [0, 0.1) is 11.8 Å². The van der Waals surface area contributed by atoms with Gasteiger partial charge in [-0.25, -0.2) is 0 Å². The number of oxime groups is 1. The zero-order chi connectivity index (χ0) is 9.26. The molecule has 13 heavy (non-hydrogen) atoms. The van der Waals surface area contributed by atoms with E-state index in [1.165, 1.54) is 6.08 Å². The molecule has 3 heteroatoms. The molecule has 0 fully saturated rings. The van der Waals surface area contributed by atoms with Crippen LogP contribution in [0.1, 0.15) is 12.8 Å². The Morgan fingerprint density at radius 2 is 1.92 bits per heavy atom. The number of carbonyl (C=O) groups is 1. The van der Waals surface area contributed by atoms with Crippen molar-refractivity contribution < 1.29 is 10.0 Å². The van der Waals surface area contributed by atoms with Crippen molar-refractivity contribution in [3.8, 4) is 0 Å². The quantitative estimate of drug-likeness (QED) is 0.346. The van der Waals surface area contributed by atoms with E-state index in [4.69, 9.17) is 5.21 Å². The summed E-state index contributed by atoms with van der Waals surface area (Å²) >= 11 is 0. The van der Waals surface area contributed by atoms with Gasteiger partial charge in [-0.15, -0.1) is 0 Å². The van der Waals surface area contributed by atoms with Gasteiger partial charge in [-0.1, -0.05) is 17.3 Å². The third kappa shape index (κ3) is 1.30. The average molecular weight is 177 g/mol. The van der Waals surface area contributed by atoms with Gasteiger partial charge in [0.1, 0.15) is 0 Å². The van der Waals surface area contributed by atoms with Crippen molar-refractivity contribution in [2.24, 2.45) is 17.0 Å². The minimum Gasteiger partial charge on any atom is -0.411 e. The molecular formula is C10H11NO2. The summed E-state index contributed by atoms with van der Waals surface area (Å²) in [6, 6.07) is 0. The highest BCUT2D eigenvalue weighted by Gasteiger charge is 2.33. The Hall–Kier alpha value is -1.38. The fourth-order valence-electron chi connectivity index (χ4n) is 1.98. The molecule has 0 aromatic rings. The number of hydrogen-bond donors (Lipinski definition) is 1. The van der Waals surface area contributed by atoms with Gasteiger partial charge in [0.2, 0.25) is 0 Å². The summed E-state index contributed by atoms with van der Waals surface area (Å²) in [5, 5.41) is 11.9. The molecule has 0 aliphatic heterocycles. The van der Waals surface area contributed by atoms with E-state index in [1.807, 2.05) is 12.2 Å². The second-order valence-electron chi connectivity index (χ2n) is 3.42. The van der Waals surface area contributed by atoms with Gasteiger partial charge in [-0.2, -0.15) is 0 Å². The van der Waals surface area contributed by atoms with Gasteiger partial charge in [-0.3, -0.25) is 4.79 Å². The third-order valence-electron chi connectivity index (χ3n) is 2.71. The van der Waals surface area contributed by atoms with E-state index in [-0.39, 0.29) is 17.6 Å². The fraction of sp³-hybridized carbons (Fsp3) is 0.400. The molecule has 0 aromatic heterocycles. The fourth-order valence-corrected chi connectivity index (χ4v) is 1.98. The number of nitrogens with zero attached hydrogens (tertiary/aromatic N) is 1. The Morgan fingerprint density at radius 3 is 2.62 bits per heavy atom. The van der Waals surface area contributed by atoms with E-state index < -0.39 is 0 Å². The lowest BCUT2D eigenvalue weighted by Gasteiger charge is -2.28. The van der Waals surface area contributed by atoms with E-state index in [9.17, 15) is 4.79 Å². The van der Waals surface area contributed by atoms with Crippen molar-refractivity contribution in [2.75, 3.05) is 0 Å². The van der Waals surface area contributed by atoms with E-state index in [2.05, 4.69) is 5.16 Å². The Kier molecular flexibility index (Phi) is 2.00. The summed E-state index contributed by atoms with van der Waals surface area (Å²) in [5.74, 6) is 0.246. The summed E-state index contributed by atoms with van der Waals surface area (Å²) in [5.41, 5.74) is 0.633. The largest absolute Gasteiger partial charge is 0.411 e. The maximum atomic E-state index is 11.4. The molecule has 2 unspecified atom stereocenters. The van der Waals surface area contributed by atoms with Crippen LogP contribution in [-0.4, -0.2) is 16.7 Å². The molecule has 68 valence electrons. The van der Waals surface area contributed by atoms with Gasteiger partial charge >= 0.3 is 0 Å². The number of hydrogen-bond acceptors (Lipinski definition) is 3. The first-order valence-corrected chi connectivity index (χ1v) is 4.42. The van der Waals surface area contributed by atoms with Crippen molar-refractivity contribution in [1.82, 2.24) is 0 Å². The van der Waals surface area contributed by atoms with Crippen LogP contribution in [0.3, 0.4) is 0 Å². The molecule has 2 rings (SSSR count). The maximum absolute atomic E-state index is 11.4. The van der Waals surface area contributed by atoms with E-state index in [0.29, 0.717) is 5.71 Å². The van der Waals surface area contributed by atoms with Gasteiger partial charge < -0.3 is 5.21 Å². The molecule has 1 N–H and O–H groups in total. The SMILES string of the molecule is O=C1C=C/C(=N/O)C2CC=CCC12. The van der Waals surface area contributed by atoms with Crippen LogP contribution in [0.15, 0.2) is 29.5 Å². The normalized spacial score (nSPS) is 35.1. The average Bonchev–Trinajstić information content (AvgIpc) is 2.19. The molecule has 0 spiro atoms. The van der Waals surface area contributed by atoms with Gasteiger partial charge in [0.05, 0.1) is 5.71 Å². The molecule has 3 nitrogen and oxygen atoms in total. The molecule has 2 aliphatic rings. The van der Waals surface area contributed by atoms with Crippen LogP contribution in [-0.2, 0) is 4.79 Å². The van der Waals surface area contributed by atoms with Gasteiger partial charge in [0.25, 0.3) is 0 Å².